The van der Waals surface area contributed by atoms with Gasteiger partial charge in [0.1, 0.15) is 0 Å². The lowest BCUT2D eigenvalue weighted by molar-refractivity contribution is 0.0950. The Hall–Kier alpha value is -2.98. The van der Waals surface area contributed by atoms with Gasteiger partial charge in [-0.1, -0.05) is 48.5 Å². The van der Waals surface area contributed by atoms with Gasteiger partial charge in [0.15, 0.2) is 0 Å². The van der Waals surface area contributed by atoms with Crippen molar-refractivity contribution in [2.24, 2.45) is 0 Å². The molecule has 0 aliphatic carbocycles. The Morgan fingerprint density at radius 1 is 1.00 bits per heavy atom. The first-order chi connectivity index (χ1) is 12.6. The van der Waals surface area contributed by atoms with E-state index in [0.29, 0.717) is 12.1 Å². The summed E-state index contributed by atoms with van der Waals surface area (Å²) in [5.74, 6) is -0.116. The number of hydrogen-bond acceptors (Lipinski definition) is 3. The summed E-state index contributed by atoms with van der Waals surface area (Å²) in [4.78, 5) is 18.4. The minimum absolute atomic E-state index is 0.116. The van der Waals surface area contributed by atoms with E-state index in [-0.39, 0.29) is 5.91 Å². The third kappa shape index (κ3) is 4.55. The molecule has 0 fully saturated rings. The monoisotopic (exact) mass is 345 g/mol. The molecule has 1 N–H and O–H groups in total. The van der Waals surface area contributed by atoms with E-state index >= 15 is 0 Å². The summed E-state index contributed by atoms with van der Waals surface area (Å²) >= 11 is 0. The van der Waals surface area contributed by atoms with Crippen LogP contribution in [-0.4, -0.2) is 29.9 Å². The average Bonchev–Trinajstić information content (AvgIpc) is 2.67. The number of amides is 1. The van der Waals surface area contributed by atoms with Crippen LogP contribution in [0.25, 0.3) is 11.1 Å². The smallest absolute Gasteiger partial charge is 0.253 e. The van der Waals surface area contributed by atoms with Crippen LogP contribution in [0.15, 0.2) is 73.1 Å². The number of aromatic nitrogens is 1. The summed E-state index contributed by atoms with van der Waals surface area (Å²) in [6, 6.07) is 20.3. The topological polar surface area (TPSA) is 45.2 Å². The lowest BCUT2D eigenvalue weighted by Gasteiger charge is -2.13. The van der Waals surface area contributed by atoms with Gasteiger partial charge in [0.05, 0.1) is 5.56 Å². The molecule has 0 spiro atoms. The summed E-state index contributed by atoms with van der Waals surface area (Å²) in [6.45, 7) is 1.40. The molecule has 0 aliphatic heterocycles. The minimum atomic E-state index is -0.116. The molecule has 26 heavy (non-hydrogen) atoms. The molecule has 1 heterocycles. The lowest BCUT2D eigenvalue weighted by atomic mass is 9.98. The van der Waals surface area contributed by atoms with E-state index in [0.717, 1.165) is 23.2 Å². The van der Waals surface area contributed by atoms with E-state index in [4.69, 9.17) is 0 Å². The fourth-order valence-corrected chi connectivity index (χ4v) is 2.89. The van der Waals surface area contributed by atoms with Crippen LogP contribution >= 0.6 is 0 Å². The average molecular weight is 345 g/mol. The van der Waals surface area contributed by atoms with Crippen molar-refractivity contribution in [2.45, 2.75) is 13.1 Å². The highest BCUT2D eigenvalue weighted by Crippen LogP contribution is 2.24. The number of nitrogens with zero attached hydrogens (tertiary/aromatic N) is 2. The highest BCUT2D eigenvalue weighted by molar-refractivity contribution is 5.93. The molecule has 1 aromatic heterocycles. The first-order valence-electron chi connectivity index (χ1n) is 8.63. The van der Waals surface area contributed by atoms with Crippen molar-refractivity contribution in [3.8, 4) is 11.1 Å². The predicted octanol–water partition coefficient (Wildman–Crippen LogP) is 3.74. The largest absolute Gasteiger partial charge is 0.348 e. The Bertz CT molecular complexity index is 858. The fraction of sp³-hybridized carbons (Fsp3) is 0.182. The highest BCUT2D eigenvalue weighted by Gasteiger charge is 2.08. The van der Waals surface area contributed by atoms with Gasteiger partial charge in [0.25, 0.3) is 5.91 Å². The zero-order valence-corrected chi connectivity index (χ0v) is 15.1. The van der Waals surface area contributed by atoms with Crippen LogP contribution in [0.3, 0.4) is 0 Å². The molecule has 0 unspecified atom stereocenters. The first kappa shape index (κ1) is 17.8. The first-order valence-corrected chi connectivity index (χ1v) is 8.63. The summed E-state index contributed by atoms with van der Waals surface area (Å²) in [5, 5.41) is 2.98. The van der Waals surface area contributed by atoms with Crippen molar-refractivity contribution in [1.29, 1.82) is 0 Å². The van der Waals surface area contributed by atoms with E-state index in [1.54, 1.807) is 24.5 Å². The number of carbonyl (C=O) groups excluding carboxylic acids is 1. The van der Waals surface area contributed by atoms with Crippen molar-refractivity contribution >= 4 is 5.91 Å². The molecule has 0 radical (unpaired) electrons. The van der Waals surface area contributed by atoms with Crippen LogP contribution in [0.1, 0.15) is 21.5 Å². The number of nitrogens with one attached hydrogen (secondary N) is 1. The molecule has 2 aromatic carbocycles. The second-order valence-electron chi connectivity index (χ2n) is 6.52. The number of pyridine rings is 1. The molecular formula is C22H23N3O. The van der Waals surface area contributed by atoms with Gasteiger partial charge in [0.2, 0.25) is 0 Å². The van der Waals surface area contributed by atoms with Gasteiger partial charge < -0.3 is 10.2 Å². The molecule has 0 atom stereocenters. The third-order valence-electron chi connectivity index (χ3n) is 4.14. The van der Waals surface area contributed by atoms with E-state index < -0.39 is 0 Å². The number of benzene rings is 2. The van der Waals surface area contributed by atoms with Gasteiger partial charge in [-0.05, 0) is 48.5 Å². The van der Waals surface area contributed by atoms with Crippen molar-refractivity contribution < 1.29 is 4.79 Å². The minimum Gasteiger partial charge on any atom is -0.348 e. The van der Waals surface area contributed by atoms with Gasteiger partial charge in [-0.2, -0.15) is 0 Å². The maximum absolute atomic E-state index is 12.3. The number of carbonyl (C=O) groups is 1. The molecule has 0 aliphatic rings. The molecule has 132 valence electrons. The van der Waals surface area contributed by atoms with Crippen LogP contribution in [0.2, 0.25) is 0 Å². The Morgan fingerprint density at radius 2 is 1.77 bits per heavy atom. The van der Waals surface area contributed by atoms with Gasteiger partial charge >= 0.3 is 0 Å². The van der Waals surface area contributed by atoms with Crippen molar-refractivity contribution in [3.63, 3.8) is 0 Å². The van der Waals surface area contributed by atoms with Crippen molar-refractivity contribution in [3.05, 3.63) is 89.7 Å². The van der Waals surface area contributed by atoms with Crippen molar-refractivity contribution in [2.75, 3.05) is 14.1 Å². The quantitative estimate of drug-likeness (QED) is 0.740. The number of hydrogen-bond donors (Lipinski definition) is 1. The second-order valence-corrected chi connectivity index (χ2v) is 6.52. The Morgan fingerprint density at radius 3 is 2.46 bits per heavy atom. The van der Waals surface area contributed by atoms with Gasteiger partial charge in [-0.25, -0.2) is 0 Å². The molecule has 0 saturated carbocycles. The van der Waals surface area contributed by atoms with Crippen LogP contribution < -0.4 is 5.32 Å². The standard InChI is InChI=1S/C22H23N3O/c1-25(2)16-17-9-11-18(12-10-17)21-8-4-3-6-19(21)15-24-22(26)20-7-5-13-23-14-20/h3-14H,15-16H2,1-2H3,(H,24,26). The van der Waals surface area contributed by atoms with E-state index in [1.807, 2.05) is 18.2 Å². The molecule has 4 heteroatoms. The third-order valence-corrected chi connectivity index (χ3v) is 4.14. The maximum Gasteiger partial charge on any atom is 0.253 e. The second kappa shape index (κ2) is 8.41. The Kier molecular flexibility index (Phi) is 5.77. The Balaban J connectivity index is 1.75. The molecule has 1 amide bonds. The van der Waals surface area contributed by atoms with E-state index in [2.05, 4.69) is 59.6 Å². The molecule has 3 aromatic rings. The zero-order valence-electron chi connectivity index (χ0n) is 15.1. The van der Waals surface area contributed by atoms with Crippen LogP contribution in [0, 0.1) is 0 Å². The normalized spacial score (nSPS) is 10.7. The molecule has 4 nitrogen and oxygen atoms in total. The van der Waals surface area contributed by atoms with E-state index in [9.17, 15) is 4.79 Å². The summed E-state index contributed by atoms with van der Waals surface area (Å²) in [6.07, 6.45) is 3.23. The SMILES string of the molecule is CN(C)Cc1ccc(-c2ccccc2CNC(=O)c2cccnc2)cc1. The van der Waals surface area contributed by atoms with Crippen LogP contribution in [0.4, 0.5) is 0 Å². The Labute approximate surface area is 154 Å². The number of rotatable bonds is 6. The van der Waals surface area contributed by atoms with Gasteiger partial charge in [0, 0.05) is 25.5 Å². The maximum atomic E-state index is 12.3. The van der Waals surface area contributed by atoms with Crippen LogP contribution in [0.5, 0.6) is 0 Å². The predicted molar refractivity (Wildman–Crippen MR) is 105 cm³/mol. The highest BCUT2D eigenvalue weighted by atomic mass is 16.1. The van der Waals surface area contributed by atoms with Crippen molar-refractivity contribution in [1.82, 2.24) is 15.2 Å². The fourth-order valence-electron chi connectivity index (χ4n) is 2.89. The molecule has 0 saturated heterocycles. The summed E-state index contributed by atoms with van der Waals surface area (Å²) in [5.41, 5.74) is 5.22. The zero-order chi connectivity index (χ0) is 18.4. The molecule has 3 rings (SSSR count). The summed E-state index contributed by atoms with van der Waals surface area (Å²) in [7, 11) is 4.13. The summed E-state index contributed by atoms with van der Waals surface area (Å²) < 4.78 is 0. The molecular weight excluding hydrogens is 322 g/mol. The lowest BCUT2D eigenvalue weighted by Crippen LogP contribution is -2.23. The van der Waals surface area contributed by atoms with E-state index in [1.165, 1.54) is 5.56 Å². The van der Waals surface area contributed by atoms with Gasteiger partial charge in [-0.15, -0.1) is 0 Å². The van der Waals surface area contributed by atoms with Crippen LogP contribution in [-0.2, 0) is 13.1 Å². The molecule has 0 bridgehead atoms. The van der Waals surface area contributed by atoms with Gasteiger partial charge in [-0.3, -0.25) is 9.78 Å².